The molecule has 0 atom stereocenters. The summed E-state index contributed by atoms with van der Waals surface area (Å²) in [5, 5.41) is 2.74. The maximum Gasteiger partial charge on any atom is 0.262 e. The molecular weight excluding hydrogens is 468 g/mol. The Morgan fingerprint density at radius 2 is 1.60 bits per heavy atom. The lowest BCUT2D eigenvalue weighted by atomic mass is 10.2. The molecule has 0 aromatic heterocycles. The molecule has 8 heteroatoms. The fourth-order valence-electron chi connectivity index (χ4n) is 2.71. The SMILES string of the molecule is CN(Cc1ccccc1)S(=O)(=O)c1ccc(OCC(=O)Nc2ccccc2Br)cc1. The molecule has 0 heterocycles. The molecule has 0 radical (unpaired) electrons. The molecule has 6 nitrogen and oxygen atoms in total. The Morgan fingerprint density at radius 3 is 2.27 bits per heavy atom. The van der Waals surface area contributed by atoms with E-state index in [0.29, 0.717) is 11.4 Å². The van der Waals surface area contributed by atoms with Crippen molar-refractivity contribution >= 4 is 37.5 Å². The van der Waals surface area contributed by atoms with E-state index in [1.807, 2.05) is 48.5 Å². The number of hydrogen-bond donors (Lipinski definition) is 1. The van der Waals surface area contributed by atoms with Crippen molar-refractivity contribution in [1.82, 2.24) is 4.31 Å². The standard InChI is InChI=1S/C22H21BrN2O4S/c1-25(15-17-7-3-2-4-8-17)30(27,28)19-13-11-18(12-14-19)29-16-22(26)24-21-10-6-5-9-20(21)23/h2-14H,15-16H2,1H3,(H,24,26). The van der Waals surface area contributed by atoms with Crippen LogP contribution in [0.3, 0.4) is 0 Å². The summed E-state index contributed by atoms with van der Waals surface area (Å²) in [5.74, 6) is 0.0862. The fourth-order valence-corrected chi connectivity index (χ4v) is 4.25. The molecule has 1 amide bonds. The summed E-state index contributed by atoms with van der Waals surface area (Å²) in [6.45, 7) is 0.0813. The first-order valence-corrected chi connectivity index (χ1v) is 11.4. The zero-order valence-electron chi connectivity index (χ0n) is 16.3. The van der Waals surface area contributed by atoms with Crippen molar-refractivity contribution < 1.29 is 17.9 Å². The minimum absolute atomic E-state index is 0.158. The molecule has 3 aromatic carbocycles. The Labute approximate surface area is 184 Å². The van der Waals surface area contributed by atoms with Crippen LogP contribution in [0.4, 0.5) is 5.69 Å². The van der Waals surface area contributed by atoms with E-state index in [1.165, 1.54) is 28.6 Å². The van der Waals surface area contributed by atoms with Crippen molar-refractivity contribution in [3.8, 4) is 5.75 Å². The van der Waals surface area contributed by atoms with E-state index in [-0.39, 0.29) is 24.0 Å². The van der Waals surface area contributed by atoms with Gasteiger partial charge in [0.25, 0.3) is 5.91 Å². The first-order chi connectivity index (χ1) is 14.4. The van der Waals surface area contributed by atoms with Gasteiger partial charge in [0.15, 0.2) is 6.61 Å². The van der Waals surface area contributed by atoms with Crippen LogP contribution in [0.15, 0.2) is 88.2 Å². The number of benzene rings is 3. The molecule has 0 unspecified atom stereocenters. The van der Waals surface area contributed by atoms with E-state index >= 15 is 0 Å². The summed E-state index contributed by atoms with van der Waals surface area (Å²) in [4.78, 5) is 12.2. The topological polar surface area (TPSA) is 75.7 Å². The summed E-state index contributed by atoms with van der Waals surface area (Å²) in [6, 6.07) is 22.7. The molecule has 0 saturated heterocycles. The summed E-state index contributed by atoms with van der Waals surface area (Å²) in [7, 11) is -2.10. The second-order valence-electron chi connectivity index (χ2n) is 6.53. The molecule has 3 aromatic rings. The zero-order valence-corrected chi connectivity index (χ0v) is 18.7. The first-order valence-electron chi connectivity index (χ1n) is 9.14. The number of rotatable bonds is 8. The third-order valence-corrected chi connectivity index (χ3v) is 6.81. The number of sulfonamides is 1. The second kappa shape index (κ2) is 9.88. The van der Waals surface area contributed by atoms with Gasteiger partial charge >= 0.3 is 0 Å². The van der Waals surface area contributed by atoms with E-state index in [4.69, 9.17) is 4.74 Å². The molecule has 0 bridgehead atoms. The minimum Gasteiger partial charge on any atom is -0.484 e. The van der Waals surface area contributed by atoms with Gasteiger partial charge in [-0.15, -0.1) is 0 Å². The molecule has 1 N–H and O–H groups in total. The van der Waals surface area contributed by atoms with Crippen LogP contribution in [0, 0.1) is 0 Å². The molecule has 0 aliphatic rings. The van der Waals surface area contributed by atoms with Gasteiger partial charge in [0.05, 0.1) is 10.6 Å². The predicted octanol–water partition coefficient (Wildman–Crippen LogP) is 4.29. The third kappa shape index (κ3) is 5.69. The van der Waals surface area contributed by atoms with Gasteiger partial charge in [-0.3, -0.25) is 4.79 Å². The lowest BCUT2D eigenvalue weighted by Gasteiger charge is -2.17. The van der Waals surface area contributed by atoms with Gasteiger partial charge in [-0.2, -0.15) is 4.31 Å². The number of carbonyl (C=O) groups excluding carboxylic acids is 1. The average molecular weight is 489 g/mol. The summed E-state index contributed by atoms with van der Waals surface area (Å²) >= 11 is 3.36. The molecule has 0 saturated carbocycles. The second-order valence-corrected chi connectivity index (χ2v) is 9.43. The normalized spacial score (nSPS) is 11.3. The maximum absolute atomic E-state index is 12.8. The van der Waals surface area contributed by atoms with Crippen LogP contribution in [0.1, 0.15) is 5.56 Å². The highest BCUT2D eigenvalue weighted by molar-refractivity contribution is 9.10. The number of hydrogen-bond acceptors (Lipinski definition) is 4. The average Bonchev–Trinajstić information content (AvgIpc) is 2.75. The molecule has 3 rings (SSSR count). The van der Waals surface area contributed by atoms with Crippen molar-refractivity contribution in [3.05, 3.63) is 88.9 Å². The Bertz CT molecular complexity index is 1100. The molecule has 0 aliphatic carbocycles. The summed E-state index contributed by atoms with van der Waals surface area (Å²) in [6.07, 6.45) is 0. The molecule has 0 aliphatic heterocycles. The van der Waals surface area contributed by atoms with Crippen molar-refractivity contribution in [1.29, 1.82) is 0 Å². The number of carbonyl (C=O) groups is 1. The van der Waals surface area contributed by atoms with E-state index in [1.54, 1.807) is 13.1 Å². The maximum atomic E-state index is 12.8. The number of para-hydroxylation sites is 1. The van der Waals surface area contributed by atoms with Gasteiger partial charge in [0.2, 0.25) is 10.0 Å². The lowest BCUT2D eigenvalue weighted by molar-refractivity contribution is -0.118. The highest BCUT2D eigenvalue weighted by Crippen LogP contribution is 2.22. The Morgan fingerprint density at radius 1 is 0.967 bits per heavy atom. The van der Waals surface area contributed by atoms with Crippen molar-refractivity contribution in [2.24, 2.45) is 0 Å². The molecule has 0 spiro atoms. The summed E-state index contributed by atoms with van der Waals surface area (Å²) < 4.78 is 33.1. The third-order valence-electron chi connectivity index (χ3n) is 4.30. The van der Waals surface area contributed by atoms with Crippen LogP contribution >= 0.6 is 15.9 Å². The largest absolute Gasteiger partial charge is 0.484 e. The number of halogens is 1. The molecular formula is C22H21BrN2O4S. The van der Waals surface area contributed by atoms with Gasteiger partial charge < -0.3 is 10.1 Å². The van der Waals surface area contributed by atoms with E-state index < -0.39 is 10.0 Å². The van der Waals surface area contributed by atoms with Crippen molar-refractivity contribution in [3.63, 3.8) is 0 Å². The Hall–Kier alpha value is -2.68. The van der Waals surface area contributed by atoms with E-state index in [2.05, 4.69) is 21.2 Å². The van der Waals surface area contributed by atoms with Crippen molar-refractivity contribution in [2.75, 3.05) is 19.0 Å². The Kier molecular flexibility index (Phi) is 7.25. The van der Waals surface area contributed by atoms with Gasteiger partial charge in [-0.25, -0.2) is 8.42 Å². The monoisotopic (exact) mass is 488 g/mol. The minimum atomic E-state index is -3.64. The van der Waals surface area contributed by atoms with Crippen LogP contribution in [0.25, 0.3) is 0 Å². The van der Waals surface area contributed by atoms with Gasteiger partial charge in [0.1, 0.15) is 5.75 Å². The fraction of sp³-hybridized carbons (Fsp3) is 0.136. The number of amides is 1. The van der Waals surface area contributed by atoms with E-state index in [0.717, 1.165) is 10.0 Å². The quantitative estimate of drug-likeness (QED) is 0.513. The van der Waals surface area contributed by atoms with Crippen LogP contribution in [0.5, 0.6) is 5.75 Å². The zero-order chi connectivity index (χ0) is 21.6. The number of nitrogens with zero attached hydrogens (tertiary/aromatic N) is 1. The van der Waals surface area contributed by atoms with Gasteiger partial charge in [-0.05, 0) is 57.9 Å². The lowest BCUT2D eigenvalue weighted by Crippen LogP contribution is -2.26. The van der Waals surface area contributed by atoms with Crippen LogP contribution < -0.4 is 10.1 Å². The van der Waals surface area contributed by atoms with Crippen LogP contribution in [-0.2, 0) is 21.4 Å². The molecule has 156 valence electrons. The van der Waals surface area contributed by atoms with Gasteiger partial charge in [-0.1, -0.05) is 42.5 Å². The smallest absolute Gasteiger partial charge is 0.262 e. The van der Waals surface area contributed by atoms with Crippen molar-refractivity contribution in [2.45, 2.75) is 11.4 Å². The molecule has 30 heavy (non-hydrogen) atoms. The van der Waals surface area contributed by atoms with Gasteiger partial charge in [0, 0.05) is 18.1 Å². The number of ether oxygens (including phenoxy) is 1. The highest BCUT2D eigenvalue weighted by Gasteiger charge is 2.21. The number of anilines is 1. The number of nitrogens with one attached hydrogen (secondary N) is 1. The Balaban J connectivity index is 1.58. The summed E-state index contributed by atoms with van der Waals surface area (Å²) in [5.41, 5.74) is 1.55. The molecule has 0 fully saturated rings. The van der Waals surface area contributed by atoms with Crippen LogP contribution in [0.2, 0.25) is 0 Å². The van der Waals surface area contributed by atoms with E-state index in [9.17, 15) is 13.2 Å². The van der Waals surface area contributed by atoms with Crippen LogP contribution in [-0.4, -0.2) is 32.3 Å². The highest BCUT2D eigenvalue weighted by atomic mass is 79.9. The first kappa shape index (κ1) is 22.0. The predicted molar refractivity (Wildman–Crippen MR) is 120 cm³/mol.